The van der Waals surface area contributed by atoms with E-state index in [1.807, 2.05) is 6.20 Å². The third-order valence-electron chi connectivity index (χ3n) is 3.29. The van der Waals surface area contributed by atoms with Crippen LogP contribution in [0.4, 0.5) is 0 Å². The fourth-order valence-electron chi connectivity index (χ4n) is 2.21. The molecule has 1 aliphatic carbocycles. The number of aromatic nitrogens is 2. The van der Waals surface area contributed by atoms with Crippen LogP contribution in [0.5, 0.6) is 0 Å². The lowest BCUT2D eigenvalue weighted by Crippen LogP contribution is -2.25. The molecule has 2 rings (SSSR count). The predicted octanol–water partition coefficient (Wildman–Crippen LogP) is 2.36. The SMILES string of the molecule is CC1CCC(C(N)c2cnsn2)CC1. The average molecular weight is 211 g/mol. The van der Waals surface area contributed by atoms with Crippen LogP contribution in [-0.2, 0) is 0 Å². The van der Waals surface area contributed by atoms with Crippen molar-refractivity contribution >= 4 is 11.7 Å². The minimum atomic E-state index is 0.112. The fourth-order valence-corrected chi connectivity index (χ4v) is 2.67. The van der Waals surface area contributed by atoms with Crippen molar-refractivity contribution in [1.29, 1.82) is 0 Å². The highest BCUT2D eigenvalue weighted by Gasteiger charge is 2.25. The highest BCUT2D eigenvalue weighted by Crippen LogP contribution is 2.34. The van der Waals surface area contributed by atoms with E-state index < -0.39 is 0 Å². The lowest BCUT2D eigenvalue weighted by molar-refractivity contribution is 0.254. The monoisotopic (exact) mass is 211 g/mol. The van der Waals surface area contributed by atoms with Crippen LogP contribution in [0.3, 0.4) is 0 Å². The highest BCUT2D eigenvalue weighted by atomic mass is 32.1. The van der Waals surface area contributed by atoms with Crippen LogP contribution >= 0.6 is 11.7 Å². The molecule has 1 aromatic heterocycles. The summed E-state index contributed by atoms with van der Waals surface area (Å²) in [7, 11) is 0. The predicted molar refractivity (Wildman–Crippen MR) is 58.0 cm³/mol. The van der Waals surface area contributed by atoms with Crippen molar-refractivity contribution < 1.29 is 0 Å². The number of hydrogen-bond donors (Lipinski definition) is 1. The van der Waals surface area contributed by atoms with Crippen molar-refractivity contribution in [3.8, 4) is 0 Å². The molecule has 0 saturated heterocycles. The first-order chi connectivity index (χ1) is 6.77. The van der Waals surface area contributed by atoms with E-state index in [4.69, 9.17) is 5.73 Å². The van der Waals surface area contributed by atoms with Gasteiger partial charge < -0.3 is 5.73 Å². The van der Waals surface area contributed by atoms with E-state index in [1.165, 1.54) is 37.4 Å². The Hall–Kier alpha value is -0.480. The first kappa shape index (κ1) is 10.1. The molecule has 1 unspecified atom stereocenters. The molecule has 4 heteroatoms. The molecule has 0 aliphatic heterocycles. The number of nitrogens with zero attached hydrogens (tertiary/aromatic N) is 2. The van der Waals surface area contributed by atoms with Crippen LogP contribution in [0, 0.1) is 11.8 Å². The van der Waals surface area contributed by atoms with Crippen molar-refractivity contribution in [2.75, 3.05) is 0 Å². The summed E-state index contributed by atoms with van der Waals surface area (Å²) in [4.78, 5) is 0. The Morgan fingerprint density at radius 3 is 2.71 bits per heavy atom. The molecule has 3 nitrogen and oxygen atoms in total. The van der Waals surface area contributed by atoms with Crippen molar-refractivity contribution in [3.63, 3.8) is 0 Å². The van der Waals surface area contributed by atoms with Gasteiger partial charge in [-0.05, 0) is 24.7 Å². The highest BCUT2D eigenvalue weighted by molar-refractivity contribution is 6.99. The van der Waals surface area contributed by atoms with Crippen LogP contribution in [0.25, 0.3) is 0 Å². The fraction of sp³-hybridized carbons (Fsp3) is 0.800. The Balaban J connectivity index is 1.95. The molecule has 0 bridgehead atoms. The molecule has 1 aromatic rings. The van der Waals surface area contributed by atoms with Gasteiger partial charge in [0.25, 0.3) is 0 Å². The maximum absolute atomic E-state index is 6.16. The average Bonchev–Trinajstić information content (AvgIpc) is 2.71. The van der Waals surface area contributed by atoms with Gasteiger partial charge in [-0.1, -0.05) is 19.8 Å². The van der Waals surface area contributed by atoms with Crippen molar-refractivity contribution in [2.24, 2.45) is 17.6 Å². The molecule has 1 saturated carbocycles. The summed E-state index contributed by atoms with van der Waals surface area (Å²) in [5.74, 6) is 1.50. The van der Waals surface area contributed by atoms with Crippen LogP contribution < -0.4 is 5.73 Å². The maximum Gasteiger partial charge on any atom is 0.0912 e. The molecule has 1 atom stereocenters. The summed E-state index contributed by atoms with van der Waals surface area (Å²) in [5, 5.41) is 0. The lowest BCUT2D eigenvalue weighted by Gasteiger charge is -2.29. The summed E-state index contributed by atoms with van der Waals surface area (Å²) in [6, 6.07) is 0.112. The molecule has 1 aliphatic rings. The van der Waals surface area contributed by atoms with Gasteiger partial charge in [-0.25, -0.2) is 0 Å². The van der Waals surface area contributed by atoms with Gasteiger partial charge in [0.05, 0.1) is 29.7 Å². The van der Waals surface area contributed by atoms with Crippen LogP contribution in [-0.4, -0.2) is 8.75 Å². The minimum absolute atomic E-state index is 0.112. The second-order valence-corrected chi connectivity index (χ2v) is 4.93. The summed E-state index contributed by atoms with van der Waals surface area (Å²) in [5.41, 5.74) is 7.14. The van der Waals surface area contributed by atoms with Crippen molar-refractivity contribution in [3.05, 3.63) is 11.9 Å². The van der Waals surface area contributed by atoms with E-state index in [9.17, 15) is 0 Å². The Bertz CT molecular complexity index is 265. The Morgan fingerprint density at radius 2 is 2.14 bits per heavy atom. The zero-order valence-corrected chi connectivity index (χ0v) is 9.33. The Kier molecular flexibility index (Phi) is 3.13. The van der Waals surface area contributed by atoms with Gasteiger partial charge in [0.2, 0.25) is 0 Å². The number of hydrogen-bond acceptors (Lipinski definition) is 4. The molecule has 78 valence electrons. The Morgan fingerprint density at radius 1 is 1.43 bits per heavy atom. The molecule has 0 aromatic carbocycles. The largest absolute Gasteiger partial charge is 0.322 e. The van der Waals surface area contributed by atoms with Gasteiger partial charge in [0.15, 0.2) is 0 Å². The molecule has 0 spiro atoms. The van der Waals surface area contributed by atoms with Crippen LogP contribution in [0.15, 0.2) is 6.20 Å². The summed E-state index contributed by atoms with van der Waals surface area (Å²) < 4.78 is 8.22. The van der Waals surface area contributed by atoms with E-state index in [0.29, 0.717) is 5.92 Å². The maximum atomic E-state index is 6.16. The van der Waals surface area contributed by atoms with Crippen molar-refractivity contribution in [2.45, 2.75) is 38.6 Å². The molecular formula is C10H17N3S. The Labute approximate surface area is 89.0 Å². The zero-order chi connectivity index (χ0) is 9.97. The molecule has 1 fully saturated rings. The van der Waals surface area contributed by atoms with Crippen LogP contribution in [0.1, 0.15) is 44.3 Å². The van der Waals surface area contributed by atoms with Gasteiger partial charge in [0, 0.05) is 0 Å². The first-order valence-corrected chi connectivity index (χ1v) is 6.03. The summed E-state index contributed by atoms with van der Waals surface area (Å²) in [6.45, 7) is 2.33. The smallest absolute Gasteiger partial charge is 0.0912 e. The molecule has 0 radical (unpaired) electrons. The minimum Gasteiger partial charge on any atom is -0.322 e. The van der Waals surface area contributed by atoms with E-state index in [-0.39, 0.29) is 6.04 Å². The summed E-state index contributed by atoms with van der Waals surface area (Å²) in [6.07, 6.45) is 6.94. The van der Waals surface area contributed by atoms with Gasteiger partial charge in [-0.3, -0.25) is 0 Å². The quantitative estimate of drug-likeness (QED) is 0.817. The molecule has 14 heavy (non-hydrogen) atoms. The van der Waals surface area contributed by atoms with Gasteiger partial charge in [-0.2, -0.15) is 8.75 Å². The molecule has 2 N–H and O–H groups in total. The van der Waals surface area contributed by atoms with Crippen LogP contribution in [0.2, 0.25) is 0 Å². The summed E-state index contributed by atoms with van der Waals surface area (Å²) >= 11 is 1.25. The van der Waals surface area contributed by atoms with E-state index in [1.54, 1.807) is 0 Å². The second-order valence-electron chi connectivity index (χ2n) is 4.38. The van der Waals surface area contributed by atoms with Gasteiger partial charge >= 0.3 is 0 Å². The second kappa shape index (κ2) is 4.36. The topological polar surface area (TPSA) is 51.8 Å². The number of nitrogens with two attached hydrogens (primary N) is 1. The lowest BCUT2D eigenvalue weighted by atomic mass is 9.79. The van der Waals surface area contributed by atoms with Gasteiger partial charge in [0.1, 0.15) is 0 Å². The molecular weight excluding hydrogens is 194 g/mol. The standard InChI is InChI=1S/C10H17N3S/c1-7-2-4-8(5-3-7)10(11)9-6-12-14-13-9/h6-8,10H,2-5,11H2,1H3. The normalized spacial score (nSPS) is 30.1. The molecule has 0 amide bonds. The zero-order valence-electron chi connectivity index (χ0n) is 8.52. The molecule has 1 heterocycles. The van der Waals surface area contributed by atoms with E-state index >= 15 is 0 Å². The van der Waals surface area contributed by atoms with E-state index in [0.717, 1.165) is 11.6 Å². The van der Waals surface area contributed by atoms with Gasteiger partial charge in [-0.15, -0.1) is 0 Å². The first-order valence-electron chi connectivity index (χ1n) is 5.30. The third-order valence-corrected chi connectivity index (χ3v) is 3.78. The third kappa shape index (κ3) is 2.12. The van der Waals surface area contributed by atoms with Crippen molar-refractivity contribution in [1.82, 2.24) is 8.75 Å². The number of rotatable bonds is 2. The van der Waals surface area contributed by atoms with E-state index in [2.05, 4.69) is 15.7 Å².